The average Bonchev–Trinajstić information content (AvgIpc) is 2.53. The van der Waals surface area contributed by atoms with Crippen LogP contribution in [0.15, 0.2) is 6.07 Å². The molecule has 3 nitrogen and oxygen atoms in total. The van der Waals surface area contributed by atoms with Gasteiger partial charge >= 0.3 is 0 Å². The summed E-state index contributed by atoms with van der Waals surface area (Å²) in [6, 6.07) is 1.81. The molecule has 66 valence electrons. The lowest BCUT2D eigenvalue weighted by molar-refractivity contribution is 0.111. The zero-order valence-corrected chi connectivity index (χ0v) is 7.34. The highest BCUT2D eigenvalue weighted by Gasteiger charge is 1.98. The number of H-pyrrole nitrogens is 1. The molecule has 12 heavy (non-hydrogen) atoms. The van der Waals surface area contributed by atoms with E-state index in [9.17, 15) is 4.79 Å². The predicted molar refractivity (Wildman–Crippen MR) is 47.2 cm³/mol. The van der Waals surface area contributed by atoms with E-state index in [1.54, 1.807) is 0 Å². The first-order valence-electron chi connectivity index (χ1n) is 4.36. The van der Waals surface area contributed by atoms with Crippen molar-refractivity contribution in [2.24, 2.45) is 0 Å². The fourth-order valence-corrected chi connectivity index (χ4v) is 1.12. The van der Waals surface area contributed by atoms with Crippen LogP contribution in [0.4, 0.5) is 0 Å². The van der Waals surface area contributed by atoms with Gasteiger partial charge in [0.25, 0.3) is 0 Å². The number of carbonyl (C=O) groups excluding carboxylic acids is 1. The van der Waals surface area contributed by atoms with E-state index < -0.39 is 0 Å². The van der Waals surface area contributed by atoms with Gasteiger partial charge in [0.1, 0.15) is 0 Å². The molecule has 0 aliphatic carbocycles. The van der Waals surface area contributed by atoms with Crippen LogP contribution >= 0.6 is 0 Å². The Bertz CT molecular complexity index is 242. The Morgan fingerprint density at radius 2 is 2.42 bits per heavy atom. The largest absolute Gasteiger partial charge is 0.296 e. The lowest BCUT2D eigenvalue weighted by Crippen LogP contribution is -1.84. The van der Waals surface area contributed by atoms with E-state index in [0.29, 0.717) is 5.69 Å². The Kier molecular flexibility index (Phi) is 3.51. The van der Waals surface area contributed by atoms with Crippen LogP contribution in [0.25, 0.3) is 0 Å². The van der Waals surface area contributed by atoms with E-state index in [1.165, 1.54) is 12.8 Å². The molecule has 0 atom stereocenters. The summed E-state index contributed by atoms with van der Waals surface area (Å²) in [5.41, 5.74) is 1.56. The van der Waals surface area contributed by atoms with Crippen molar-refractivity contribution in [3.05, 3.63) is 17.5 Å². The summed E-state index contributed by atoms with van der Waals surface area (Å²) in [7, 11) is 0. The molecule has 0 saturated heterocycles. The van der Waals surface area contributed by atoms with Gasteiger partial charge in [-0.3, -0.25) is 9.89 Å². The standard InChI is InChI=1S/C9H14N2O/c1-2-3-4-5-8-6-9(7-12)11-10-8/h6-7H,2-5H2,1H3,(H,10,11). The number of aldehydes is 1. The van der Waals surface area contributed by atoms with E-state index in [-0.39, 0.29) is 0 Å². The number of nitrogens with one attached hydrogen (secondary N) is 1. The Morgan fingerprint density at radius 3 is 3.00 bits per heavy atom. The molecule has 1 rings (SSSR count). The smallest absolute Gasteiger partial charge is 0.167 e. The Balaban J connectivity index is 2.36. The van der Waals surface area contributed by atoms with Gasteiger partial charge in [0.2, 0.25) is 0 Å². The Hall–Kier alpha value is -1.12. The minimum atomic E-state index is 0.571. The third-order valence-corrected chi connectivity index (χ3v) is 1.81. The summed E-state index contributed by atoms with van der Waals surface area (Å²) < 4.78 is 0. The zero-order chi connectivity index (χ0) is 8.81. The molecule has 1 N–H and O–H groups in total. The third-order valence-electron chi connectivity index (χ3n) is 1.81. The number of rotatable bonds is 5. The number of aryl methyl sites for hydroxylation is 1. The molecule has 0 fully saturated rings. The van der Waals surface area contributed by atoms with Crippen LogP contribution in [0.3, 0.4) is 0 Å². The molecule has 0 unspecified atom stereocenters. The van der Waals surface area contributed by atoms with Crippen LogP contribution in [-0.4, -0.2) is 16.5 Å². The van der Waals surface area contributed by atoms with Gasteiger partial charge in [-0.05, 0) is 18.9 Å². The Labute approximate surface area is 72.2 Å². The number of unbranched alkanes of at least 4 members (excludes halogenated alkanes) is 2. The number of hydrogen-bond donors (Lipinski definition) is 1. The number of nitrogens with zero attached hydrogens (tertiary/aromatic N) is 1. The summed E-state index contributed by atoms with van der Waals surface area (Å²) in [4.78, 5) is 10.3. The summed E-state index contributed by atoms with van der Waals surface area (Å²) in [5.74, 6) is 0. The Morgan fingerprint density at radius 1 is 1.58 bits per heavy atom. The maximum atomic E-state index is 10.3. The normalized spacial score (nSPS) is 10.1. The van der Waals surface area contributed by atoms with Crippen molar-refractivity contribution in [2.75, 3.05) is 0 Å². The molecule has 1 heterocycles. The van der Waals surface area contributed by atoms with Crippen molar-refractivity contribution < 1.29 is 4.79 Å². The van der Waals surface area contributed by atoms with E-state index in [2.05, 4.69) is 17.1 Å². The lowest BCUT2D eigenvalue weighted by atomic mass is 10.1. The van der Waals surface area contributed by atoms with Gasteiger partial charge in [0, 0.05) is 0 Å². The van der Waals surface area contributed by atoms with Crippen LogP contribution in [0.2, 0.25) is 0 Å². The molecule has 0 bridgehead atoms. The van der Waals surface area contributed by atoms with Crippen molar-refractivity contribution in [3.8, 4) is 0 Å². The van der Waals surface area contributed by atoms with Crippen LogP contribution in [-0.2, 0) is 6.42 Å². The van der Waals surface area contributed by atoms with E-state index in [1.807, 2.05) is 6.07 Å². The fourth-order valence-electron chi connectivity index (χ4n) is 1.12. The highest BCUT2D eigenvalue weighted by atomic mass is 16.1. The van der Waals surface area contributed by atoms with Crippen molar-refractivity contribution >= 4 is 6.29 Å². The number of hydrogen-bond acceptors (Lipinski definition) is 2. The van der Waals surface area contributed by atoms with Gasteiger partial charge in [-0.15, -0.1) is 0 Å². The van der Waals surface area contributed by atoms with Crippen LogP contribution in [0.1, 0.15) is 42.4 Å². The highest BCUT2D eigenvalue weighted by molar-refractivity contribution is 5.71. The maximum absolute atomic E-state index is 10.3. The lowest BCUT2D eigenvalue weighted by Gasteiger charge is -1.92. The average molecular weight is 166 g/mol. The summed E-state index contributed by atoms with van der Waals surface area (Å²) in [6.07, 6.45) is 5.35. The van der Waals surface area contributed by atoms with Crippen LogP contribution in [0.5, 0.6) is 0 Å². The summed E-state index contributed by atoms with van der Waals surface area (Å²) in [6.45, 7) is 2.17. The molecule has 1 aromatic rings. The number of carbonyl (C=O) groups is 1. The number of aromatic nitrogens is 2. The zero-order valence-electron chi connectivity index (χ0n) is 7.34. The molecule has 3 heteroatoms. The minimum absolute atomic E-state index is 0.571. The molecule has 0 aromatic carbocycles. The quantitative estimate of drug-likeness (QED) is 0.536. The second kappa shape index (κ2) is 4.70. The first-order valence-corrected chi connectivity index (χ1v) is 4.36. The van der Waals surface area contributed by atoms with Crippen LogP contribution in [0, 0.1) is 0 Å². The second-order valence-electron chi connectivity index (χ2n) is 2.89. The van der Waals surface area contributed by atoms with Crippen LogP contribution < -0.4 is 0 Å². The van der Waals surface area contributed by atoms with Gasteiger partial charge in [-0.25, -0.2) is 0 Å². The maximum Gasteiger partial charge on any atom is 0.167 e. The molecule has 0 spiro atoms. The van der Waals surface area contributed by atoms with Gasteiger partial charge in [-0.2, -0.15) is 5.10 Å². The molecule has 0 aliphatic rings. The summed E-state index contributed by atoms with van der Waals surface area (Å²) >= 11 is 0. The summed E-state index contributed by atoms with van der Waals surface area (Å²) in [5, 5.41) is 6.67. The first-order chi connectivity index (χ1) is 5.86. The van der Waals surface area contributed by atoms with Gasteiger partial charge in [0.05, 0.1) is 11.4 Å². The van der Waals surface area contributed by atoms with Gasteiger partial charge < -0.3 is 0 Å². The topological polar surface area (TPSA) is 45.8 Å². The fraction of sp³-hybridized carbons (Fsp3) is 0.556. The predicted octanol–water partition coefficient (Wildman–Crippen LogP) is 1.95. The van der Waals surface area contributed by atoms with Crippen molar-refractivity contribution in [3.63, 3.8) is 0 Å². The molecule has 1 aromatic heterocycles. The molecule has 0 amide bonds. The van der Waals surface area contributed by atoms with Crippen molar-refractivity contribution in [2.45, 2.75) is 32.6 Å². The SMILES string of the molecule is CCCCCc1cc(C=O)[nH]n1. The second-order valence-corrected chi connectivity index (χ2v) is 2.89. The van der Waals surface area contributed by atoms with Crippen molar-refractivity contribution in [1.29, 1.82) is 0 Å². The monoisotopic (exact) mass is 166 g/mol. The molecular formula is C9H14N2O. The highest BCUT2D eigenvalue weighted by Crippen LogP contribution is 2.04. The third kappa shape index (κ3) is 2.49. The van der Waals surface area contributed by atoms with E-state index in [4.69, 9.17) is 0 Å². The molecule has 0 saturated carbocycles. The van der Waals surface area contributed by atoms with Crippen molar-refractivity contribution in [1.82, 2.24) is 10.2 Å². The van der Waals surface area contributed by atoms with E-state index in [0.717, 1.165) is 24.8 Å². The minimum Gasteiger partial charge on any atom is -0.296 e. The van der Waals surface area contributed by atoms with Gasteiger partial charge in [0.15, 0.2) is 6.29 Å². The number of aromatic amines is 1. The molecule has 0 radical (unpaired) electrons. The van der Waals surface area contributed by atoms with E-state index >= 15 is 0 Å². The first kappa shape index (κ1) is 8.97. The van der Waals surface area contributed by atoms with Gasteiger partial charge in [-0.1, -0.05) is 19.8 Å². The molecular weight excluding hydrogens is 152 g/mol. The molecule has 0 aliphatic heterocycles.